The molecule has 10 heteroatoms. The molecule has 0 saturated carbocycles. The number of Topliss-reactive ketones (excluding diaryl/α,β-unsaturated/α-hetero) is 1. The number of halogens is 4. The molecule has 2 atom stereocenters. The summed E-state index contributed by atoms with van der Waals surface area (Å²) in [5.41, 5.74) is 1.21. The summed E-state index contributed by atoms with van der Waals surface area (Å²) in [4.78, 5) is 16.7. The molecule has 0 amide bonds. The lowest BCUT2D eigenvalue weighted by Crippen LogP contribution is -2.33. The Balaban J connectivity index is 1.64. The molecule has 30 heavy (non-hydrogen) atoms. The average molecular weight is 418 g/mol. The van der Waals surface area contributed by atoms with Gasteiger partial charge < -0.3 is 9.73 Å². The molecular weight excluding hydrogens is 404 g/mol. The lowest BCUT2D eigenvalue weighted by Gasteiger charge is -2.34. The highest BCUT2D eigenvalue weighted by molar-refractivity contribution is 6.00. The van der Waals surface area contributed by atoms with E-state index >= 15 is 0 Å². The number of allylic oxidation sites excluding steroid dienone is 2. The second-order valence-corrected chi connectivity index (χ2v) is 7.22. The minimum atomic E-state index is -4.75. The number of rotatable bonds is 2. The van der Waals surface area contributed by atoms with Crippen LogP contribution in [-0.4, -0.2) is 20.5 Å². The zero-order valence-corrected chi connectivity index (χ0v) is 15.3. The van der Waals surface area contributed by atoms with Gasteiger partial charge in [0.2, 0.25) is 5.95 Å². The molecule has 0 spiro atoms. The highest BCUT2D eigenvalue weighted by Gasteiger charge is 2.43. The van der Waals surface area contributed by atoms with E-state index in [1.807, 2.05) is 0 Å². The van der Waals surface area contributed by atoms with E-state index in [1.165, 1.54) is 30.5 Å². The molecule has 0 radical (unpaired) electrons. The van der Waals surface area contributed by atoms with Crippen LogP contribution in [-0.2, 0) is 11.0 Å². The van der Waals surface area contributed by atoms with Crippen LogP contribution >= 0.6 is 0 Å². The summed E-state index contributed by atoms with van der Waals surface area (Å²) in [5, 5.41) is 6.47. The Morgan fingerprint density at radius 3 is 2.57 bits per heavy atom. The van der Waals surface area contributed by atoms with Gasteiger partial charge in [-0.1, -0.05) is 12.1 Å². The van der Waals surface area contributed by atoms with Crippen molar-refractivity contribution in [3.63, 3.8) is 0 Å². The number of alkyl halides is 3. The van der Waals surface area contributed by atoms with Crippen molar-refractivity contribution in [2.75, 3.05) is 5.32 Å². The molecule has 2 aliphatic rings. The lowest BCUT2D eigenvalue weighted by atomic mass is 9.79. The van der Waals surface area contributed by atoms with Crippen molar-refractivity contribution < 1.29 is 26.8 Å². The van der Waals surface area contributed by atoms with E-state index in [2.05, 4.69) is 15.4 Å². The number of ketones is 1. The molecule has 5 rings (SSSR count). The SMILES string of the molecule is O=C1CC(c2ccco2)CC2=C1C(c1ccc(F)cc1)n1nc(C(F)(F)F)nc1N2. The van der Waals surface area contributed by atoms with Crippen LogP contribution in [0.1, 0.15) is 41.9 Å². The molecule has 1 aliphatic carbocycles. The van der Waals surface area contributed by atoms with Crippen molar-refractivity contribution in [2.45, 2.75) is 31.0 Å². The Kier molecular flexibility index (Phi) is 4.05. The number of hydrogen-bond donors (Lipinski definition) is 1. The fourth-order valence-electron chi connectivity index (χ4n) is 4.01. The van der Waals surface area contributed by atoms with Crippen molar-refractivity contribution in [3.05, 3.63) is 76.9 Å². The number of hydrogen-bond acceptors (Lipinski definition) is 5. The van der Waals surface area contributed by atoms with E-state index in [-0.39, 0.29) is 24.1 Å². The maximum atomic E-state index is 13.4. The van der Waals surface area contributed by atoms with Gasteiger partial charge >= 0.3 is 6.18 Å². The van der Waals surface area contributed by atoms with Crippen molar-refractivity contribution in [1.29, 1.82) is 0 Å². The van der Waals surface area contributed by atoms with Crippen LogP contribution in [0.4, 0.5) is 23.5 Å². The largest absolute Gasteiger partial charge is 0.469 e. The molecule has 1 aliphatic heterocycles. The maximum Gasteiger partial charge on any atom is 0.453 e. The van der Waals surface area contributed by atoms with E-state index < -0.39 is 23.9 Å². The molecule has 2 unspecified atom stereocenters. The first-order valence-corrected chi connectivity index (χ1v) is 9.17. The highest BCUT2D eigenvalue weighted by atomic mass is 19.4. The van der Waals surface area contributed by atoms with Gasteiger partial charge in [-0.3, -0.25) is 4.79 Å². The molecule has 0 bridgehead atoms. The van der Waals surface area contributed by atoms with Gasteiger partial charge in [0.05, 0.1) is 6.26 Å². The van der Waals surface area contributed by atoms with Crippen LogP contribution in [0.5, 0.6) is 0 Å². The van der Waals surface area contributed by atoms with Crippen molar-refractivity contribution >= 4 is 11.7 Å². The van der Waals surface area contributed by atoms with Crippen LogP contribution in [0.25, 0.3) is 0 Å². The number of benzene rings is 1. The van der Waals surface area contributed by atoms with E-state index in [0.717, 1.165) is 4.68 Å². The topological polar surface area (TPSA) is 73.0 Å². The number of carbonyl (C=O) groups excluding carboxylic acids is 1. The smallest absolute Gasteiger partial charge is 0.453 e. The Bertz CT molecular complexity index is 1150. The summed E-state index contributed by atoms with van der Waals surface area (Å²) in [6.07, 6.45) is -2.74. The monoisotopic (exact) mass is 418 g/mol. The maximum absolute atomic E-state index is 13.4. The molecule has 0 fully saturated rings. The third-order valence-electron chi connectivity index (χ3n) is 5.30. The van der Waals surface area contributed by atoms with Crippen molar-refractivity contribution in [1.82, 2.24) is 14.8 Å². The van der Waals surface area contributed by atoms with Crippen molar-refractivity contribution in [2.24, 2.45) is 0 Å². The Hall–Kier alpha value is -3.43. The van der Waals surface area contributed by atoms with Gasteiger partial charge in [-0.05, 0) is 36.2 Å². The molecular formula is C20H14F4N4O2. The first-order valence-electron chi connectivity index (χ1n) is 9.17. The number of nitrogens with one attached hydrogen (secondary N) is 1. The molecule has 2 aromatic heterocycles. The van der Waals surface area contributed by atoms with Gasteiger partial charge in [-0.25, -0.2) is 9.07 Å². The molecule has 1 N–H and O–H groups in total. The van der Waals surface area contributed by atoms with Gasteiger partial charge in [-0.15, -0.1) is 5.10 Å². The fraction of sp³-hybridized carbons (Fsp3) is 0.250. The molecule has 154 valence electrons. The second-order valence-electron chi connectivity index (χ2n) is 7.22. The second kappa shape index (κ2) is 6.54. The fourth-order valence-corrected chi connectivity index (χ4v) is 4.01. The van der Waals surface area contributed by atoms with Gasteiger partial charge in [-0.2, -0.15) is 18.2 Å². The number of carbonyl (C=O) groups is 1. The third kappa shape index (κ3) is 2.99. The standard InChI is InChI=1S/C20H14F4N4O2/c21-12-5-3-10(4-6-12)17-16-13(8-11(9-14(16)29)15-2-1-7-30-15)25-19-26-18(20(22,23)24)27-28(17)19/h1-7,11,17H,8-9H2,(H,25,26,27). The number of furan rings is 1. The van der Waals surface area contributed by atoms with E-state index in [9.17, 15) is 22.4 Å². The predicted molar refractivity (Wildman–Crippen MR) is 95.9 cm³/mol. The normalized spacial score (nSPS) is 21.3. The zero-order chi connectivity index (χ0) is 21.0. The van der Waals surface area contributed by atoms with Crippen LogP contribution < -0.4 is 5.32 Å². The van der Waals surface area contributed by atoms with Gasteiger partial charge in [0.1, 0.15) is 17.6 Å². The average Bonchev–Trinajstić information content (AvgIpc) is 3.36. The van der Waals surface area contributed by atoms with Crippen LogP contribution in [0, 0.1) is 5.82 Å². The highest BCUT2D eigenvalue weighted by Crippen LogP contribution is 2.44. The lowest BCUT2D eigenvalue weighted by molar-refractivity contribution is -0.145. The van der Waals surface area contributed by atoms with Crippen LogP contribution in [0.2, 0.25) is 0 Å². The first-order chi connectivity index (χ1) is 14.3. The number of aromatic nitrogens is 3. The summed E-state index contributed by atoms with van der Waals surface area (Å²) in [6, 6.07) is 7.78. The quantitative estimate of drug-likeness (QED) is 0.623. The Morgan fingerprint density at radius 1 is 1.13 bits per heavy atom. The van der Waals surface area contributed by atoms with Crippen molar-refractivity contribution in [3.8, 4) is 0 Å². The summed E-state index contributed by atoms with van der Waals surface area (Å²) >= 11 is 0. The summed E-state index contributed by atoms with van der Waals surface area (Å²) in [7, 11) is 0. The van der Waals surface area contributed by atoms with Crippen LogP contribution in [0.15, 0.2) is 58.3 Å². The summed E-state index contributed by atoms with van der Waals surface area (Å²) in [6.45, 7) is 0. The zero-order valence-electron chi connectivity index (χ0n) is 15.3. The van der Waals surface area contributed by atoms with Gasteiger partial charge in [0.15, 0.2) is 5.78 Å². The Morgan fingerprint density at radius 2 is 1.90 bits per heavy atom. The molecule has 6 nitrogen and oxygen atoms in total. The van der Waals surface area contributed by atoms with Crippen LogP contribution in [0.3, 0.4) is 0 Å². The Labute approximate surface area is 167 Å². The van der Waals surface area contributed by atoms with E-state index in [0.29, 0.717) is 29.0 Å². The molecule has 3 aromatic rings. The predicted octanol–water partition coefficient (Wildman–Crippen LogP) is 4.44. The third-order valence-corrected chi connectivity index (χ3v) is 5.30. The minimum Gasteiger partial charge on any atom is -0.469 e. The first kappa shape index (κ1) is 18.6. The molecule has 3 heterocycles. The van der Waals surface area contributed by atoms with Gasteiger partial charge in [0.25, 0.3) is 5.82 Å². The van der Waals surface area contributed by atoms with Gasteiger partial charge in [0, 0.05) is 23.6 Å². The molecule has 1 aromatic carbocycles. The number of fused-ring (bicyclic) bond motifs is 1. The minimum absolute atomic E-state index is 0.122. The number of nitrogens with zero attached hydrogens (tertiary/aromatic N) is 3. The molecule has 0 saturated heterocycles. The van der Waals surface area contributed by atoms with E-state index in [1.54, 1.807) is 12.1 Å². The summed E-state index contributed by atoms with van der Waals surface area (Å²) in [5.74, 6) is -1.80. The summed E-state index contributed by atoms with van der Waals surface area (Å²) < 4.78 is 59.6. The number of anilines is 1. The van der Waals surface area contributed by atoms with E-state index in [4.69, 9.17) is 4.42 Å².